The van der Waals surface area contributed by atoms with Crippen molar-refractivity contribution in [2.75, 3.05) is 20.3 Å². The Hall–Kier alpha value is -1.06. The Morgan fingerprint density at radius 1 is 1.29 bits per heavy atom. The first kappa shape index (κ1) is 14.0. The third-order valence-electron chi connectivity index (χ3n) is 2.67. The molecule has 0 amide bonds. The predicted octanol–water partition coefficient (Wildman–Crippen LogP) is 2.79. The highest BCUT2D eigenvalue weighted by molar-refractivity contribution is 5.35. The van der Waals surface area contributed by atoms with Gasteiger partial charge in [-0.3, -0.25) is 0 Å². The quantitative estimate of drug-likeness (QED) is 0.794. The highest BCUT2D eigenvalue weighted by Gasteiger charge is 2.19. The van der Waals surface area contributed by atoms with Crippen molar-refractivity contribution in [2.24, 2.45) is 5.92 Å². The molecule has 0 spiro atoms. The summed E-state index contributed by atoms with van der Waals surface area (Å²) in [6.45, 7) is 5.23. The zero-order chi connectivity index (χ0) is 12.7. The van der Waals surface area contributed by atoms with Gasteiger partial charge in [0.1, 0.15) is 5.75 Å². The Kier molecular flexibility index (Phi) is 6.01. The van der Waals surface area contributed by atoms with Gasteiger partial charge < -0.3 is 14.6 Å². The molecule has 3 nitrogen and oxygen atoms in total. The van der Waals surface area contributed by atoms with Crippen LogP contribution in [0.4, 0.5) is 0 Å². The van der Waals surface area contributed by atoms with Crippen LogP contribution in [0.2, 0.25) is 0 Å². The van der Waals surface area contributed by atoms with Crippen molar-refractivity contribution in [3.63, 3.8) is 0 Å². The van der Waals surface area contributed by atoms with E-state index in [1.54, 1.807) is 7.11 Å². The van der Waals surface area contributed by atoms with Crippen molar-refractivity contribution < 1.29 is 14.6 Å². The monoisotopic (exact) mass is 238 g/mol. The topological polar surface area (TPSA) is 38.7 Å². The molecule has 0 aliphatic rings. The van der Waals surface area contributed by atoms with Gasteiger partial charge in [-0.05, 0) is 12.5 Å². The number of aliphatic hydroxyl groups is 1. The lowest BCUT2D eigenvalue weighted by atomic mass is 9.97. The molecule has 2 atom stereocenters. The second-order valence-electron chi connectivity index (χ2n) is 4.26. The van der Waals surface area contributed by atoms with E-state index < -0.39 is 6.10 Å². The van der Waals surface area contributed by atoms with E-state index in [-0.39, 0.29) is 5.92 Å². The summed E-state index contributed by atoms with van der Waals surface area (Å²) in [6.07, 6.45) is 0.404. The average molecular weight is 238 g/mol. The number of aliphatic hydroxyl groups excluding tert-OH is 1. The van der Waals surface area contributed by atoms with E-state index in [9.17, 15) is 5.11 Å². The van der Waals surface area contributed by atoms with Gasteiger partial charge in [0.05, 0.1) is 19.3 Å². The number of para-hydroxylation sites is 1. The summed E-state index contributed by atoms with van der Waals surface area (Å²) in [6, 6.07) is 7.63. The largest absolute Gasteiger partial charge is 0.493 e. The lowest BCUT2D eigenvalue weighted by Gasteiger charge is -2.21. The van der Waals surface area contributed by atoms with E-state index in [0.717, 1.165) is 17.7 Å². The predicted molar refractivity (Wildman–Crippen MR) is 68.2 cm³/mol. The number of hydrogen-bond donors (Lipinski definition) is 1. The minimum absolute atomic E-state index is 0.0476. The molecule has 1 N–H and O–H groups in total. The van der Waals surface area contributed by atoms with Crippen LogP contribution in [0.25, 0.3) is 0 Å². The van der Waals surface area contributed by atoms with Crippen molar-refractivity contribution in [1.29, 1.82) is 0 Å². The number of hydrogen-bond acceptors (Lipinski definition) is 3. The van der Waals surface area contributed by atoms with Gasteiger partial charge >= 0.3 is 0 Å². The van der Waals surface area contributed by atoms with E-state index in [0.29, 0.717) is 13.2 Å². The maximum Gasteiger partial charge on any atom is 0.125 e. The number of benzene rings is 1. The summed E-state index contributed by atoms with van der Waals surface area (Å²) < 4.78 is 10.7. The average Bonchev–Trinajstić information content (AvgIpc) is 2.36. The fourth-order valence-corrected chi connectivity index (χ4v) is 1.73. The molecule has 0 aliphatic carbocycles. The minimum atomic E-state index is -0.553. The molecule has 1 rings (SSSR count). The molecule has 0 saturated carbocycles. The molecule has 17 heavy (non-hydrogen) atoms. The zero-order valence-corrected chi connectivity index (χ0v) is 10.8. The van der Waals surface area contributed by atoms with Crippen molar-refractivity contribution in [2.45, 2.75) is 26.4 Å². The zero-order valence-electron chi connectivity index (χ0n) is 10.8. The van der Waals surface area contributed by atoms with E-state index >= 15 is 0 Å². The molecule has 0 aliphatic heterocycles. The minimum Gasteiger partial charge on any atom is -0.493 e. The molecular formula is C14H22O3. The highest BCUT2D eigenvalue weighted by atomic mass is 16.5. The fraction of sp³-hybridized carbons (Fsp3) is 0.571. The van der Waals surface area contributed by atoms with E-state index in [4.69, 9.17) is 9.47 Å². The van der Waals surface area contributed by atoms with Crippen LogP contribution in [0, 0.1) is 5.92 Å². The van der Waals surface area contributed by atoms with Crippen molar-refractivity contribution in [1.82, 2.24) is 0 Å². The van der Waals surface area contributed by atoms with Gasteiger partial charge in [-0.1, -0.05) is 32.0 Å². The highest BCUT2D eigenvalue weighted by Crippen LogP contribution is 2.30. The molecular weight excluding hydrogens is 216 g/mol. The number of ether oxygens (including phenoxy) is 2. The summed E-state index contributed by atoms with van der Waals surface area (Å²) in [7, 11) is 1.64. The van der Waals surface area contributed by atoms with Crippen LogP contribution in [0.3, 0.4) is 0 Å². The van der Waals surface area contributed by atoms with Crippen LogP contribution < -0.4 is 4.74 Å². The van der Waals surface area contributed by atoms with Crippen LogP contribution in [0.5, 0.6) is 5.75 Å². The van der Waals surface area contributed by atoms with Crippen molar-refractivity contribution >= 4 is 0 Å². The second-order valence-corrected chi connectivity index (χ2v) is 4.26. The van der Waals surface area contributed by atoms with Gasteiger partial charge in [0.2, 0.25) is 0 Å². The fourth-order valence-electron chi connectivity index (χ4n) is 1.73. The number of methoxy groups -OCH3 is 1. The normalized spacial score (nSPS) is 14.4. The summed E-state index contributed by atoms with van der Waals surface area (Å²) in [5.41, 5.74) is 0.838. The Bertz CT molecular complexity index is 325. The maximum atomic E-state index is 10.2. The third kappa shape index (κ3) is 4.02. The van der Waals surface area contributed by atoms with Gasteiger partial charge in [0.25, 0.3) is 0 Å². The Morgan fingerprint density at radius 2 is 2.00 bits per heavy atom. The molecule has 0 saturated heterocycles. The molecule has 2 unspecified atom stereocenters. The molecule has 96 valence electrons. The van der Waals surface area contributed by atoms with Gasteiger partial charge in [0, 0.05) is 18.6 Å². The lowest BCUT2D eigenvalue weighted by Crippen LogP contribution is -2.15. The summed E-state index contributed by atoms with van der Waals surface area (Å²) >= 11 is 0. The van der Waals surface area contributed by atoms with Gasteiger partial charge in [-0.25, -0.2) is 0 Å². The summed E-state index contributed by atoms with van der Waals surface area (Å²) in [5, 5.41) is 10.2. The van der Waals surface area contributed by atoms with Gasteiger partial charge in [-0.2, -0.15) is 0 Å². The van der Waals surface area contributed by atoms with Crippen LogP contribution in [0.1, 0.15) is 31.9 Å². The third-order valence-corrected chi connectivity index (χ3v) is 2.67. The Balaban J connectivity index is 2.80. The standard InChI is InChI=1S/C14H22O3/c1-4-9-17-13-8-6-5-7-12(13)14(15)11(2)10-16-3/h5-8,11,14-15H,4,9-10H2,1-3H3. The second kappa shape index (κ2) is 7.30. The van der Waals surface area contributed by atoms with E-state index in [2.05, 4.69) is 6.92 Å². The van der Waals surface area contributed by atoms with E-state index in [1.807, 2.05) is 31.2 Å². The molecule has 0 radical (unpaired) electrons. The van der Waals surface area contributed by atoms with Crippen LogP contribution >= 0.6 is 0 Å². The first-order valence-electron chi connectivity index (χ1n) is 6.09. The van der Waals surface area contributed by atoms with Gasteiger partial charge in [-0.15, -0.1) is 0 Å². The Labute approximate surface area is 103 Å². The van der Waals surface area contributed by atoms with Crippen LogP contribution in [-0.2, 0) is 4.74 Å². The molecule has 0 heterocycles. The maximum absolute atomic E-state index is 10.2. The SMILES string of the molecule is CCCOc1ccccc1C(O)C(C)COC. The first-order chi connectivity index (χ1) is 8.20. The van der Waals surface area contributed by atoms with E-state index in [1.165, 1.54) is 0 Å². The van der Waals surface area contributed by atoms with Crippen LogP contribution in [0.15, 0.2) is 24.3 Å². The molecule has 0 bridgehead atoms. The first-order valence-corrected chi connectivity index (χ1v) is 6.09. The molecule has 0 aromatic heterocycles. The molecule has 0 fully saturated rings. The van der Waals surface area contributed by atoms with Crippen LogP contribution in [-0.4, -0.2) is 25.4 Å². The van der Waals surface area contributed by atoms with Crippen molar-refractivity contribution in [3.05, 3.63) is 29.8 Å². The number of rotatable bonds is 7. The summed E-state index contributed by atoms with van der Waals surface area (Å²) in [5.74, 6) is 0.816. The molecule has 1 aromatic rings. The molecule has 1 aromatic carbocycles. The van der Waals surface area contributed by atoms with Crippen molar-refractivity contribution in [3.8, 4) is 5.75 Å². The molecule has 3 heteroatoms. The lowest BCUT2D eigenvalue weighted by molar-refractivity contribution is 0.0547. The Morgan fingerprint density at radius 3 is 2.65 bits per heavy atom. The summed E-state index contributed by atoms with van der Waals surface area (Å²) in [4.78, 5) is 0. The van der Waals surface area contributed by atoms with Gasteiger partial charge in [0.15, 0.2) is 0 Å². The smallest absolute Gasteiger partial charge is 0.125 e.